The van der Waals surface area contributed by atoms with E-state index in [2.05, 4.69) is 25.7 Å². The predicted octanol–water partition coefficient (Wildman–Crippen LogP) is 2.89. The van der Waals surface area contributed by atoms with Gasteiger partial charge in [-0.1, -0.05) is 5.57 Å². The van der Waals surface area contributed by atoms with E-state index in [1.165, 1.54) is 24.8 Å². The largest absolute Gasteiger partial charge is 0.374 e. The fraction of sp³-hybridized carbons (Fsp3) is 0.846. The van der Waals surface area contributed by atoms with Crippen LogP contribution in [0.15, 0.2) is 12.2 Å². The Bertz CT molecular complexity index is 207. The fourth-order valence-corrected chi connectivity index (χ4v) is 2.38. The van der Waals surface area contributed by atoms with Gasteiger partial charge in [0.25, 0.3) is 0 Å². The molecule has 2 atom stereocenters. The van der Waals surface area contributed by atoms with Crippen LogP contribution in [-0.4, -0.2) is 25.3 Å². The summed E-state index contributed by atoms with van der Waals surface area (Å²) in [5, 5.41) is 3.40. The van der Waals surface area contributed by atoms with Crippen LogP contribution in [-0.2, 0) is 4.74 Å². The van der Waals surface area contributed by atoms with Crippen LogP contribution in [0.5, 0.6) is 0 Å². The molecule has 1 N–H and O–H groups in total. The summed E-state index contributed by atoms with van der Waals surface area (Å²) in [4.78, 5) is 0. The van der Waals surface area contributed by atoms with E-state index in [4.69, 9.17) is 4.74 Å². The van der Waals surface area contributed by atoms with Crippen molar-refractivity contribution in [1.82, 2.24) is 5.32 Å². The molecule has 0 aromatic heterocycles. The van der Waals surface area contributed by atoms with Gasteiger partial charge in [-0.05, 0) is 53.0 Å². The number of hydrogen-bond donors (Lipinski definition) is 1. The standard InChI is InChI=1S/C13H25NO/c1-11(2)7-8-12(14-4)13(3)9-5-6-10-15-13/h12,14H,1,5-10H2,2-4H3. The zero-order valence-electron chi connectivity index (χ0n) is 10.4. The molecule has 1 rings (SSSR count). The zero-order valence-corrected chi connectivity index (χ0v) is 10.4. The van der Waals surface area contributed by atoms with E-state index in [-0.39, 0.29) is 5.60 Å². The second-order valence-electron chi connectivity index (χ2n) is 4.96. The third-order valence-electron chi connectivity index (χ3n) is 3.44. The first-order chi connectivity index (χ1) is 7.08. The molecule has 0 amide bonds. The van der Waals surface area contributed by atoms with Crippen molar-refractivity contribution in [3.8, 4) is 0 Å². The molecule has 0 aromatic rings. The molecule has 0 radical (unpaired) electrons. The zero-order chi connectivity index (χ0) is 11.3. The maximum atomic E-state index is 5.96. The van der Waals surface area contributed by atoms with Crippen LogP contribution in [0.2, 0.25) is 0 Å². The highest BCUT2D eigenvalue weighted by Crippen LogP contribution is 2.30. The lowest BCUT2D eigenvalue weighted by atomic mass is 9.85. The molecule has 0 aliphatic carbocycles. The maximum absolute atomic E-state index is 5.96. The average molecular weight is 211 g/mol. The molecule has 1 fully saturated rings. The van der Waals surface area contributed by atoms with E-state index in [0.29, 0.717) is 6.04 Å². The van der Waals surface area contributed by atoms with Gasteiger partial charge in [-0.25, -0.2) is 0 Å². The van der Waals surface area contributed by atoms with Crippen LogP contribution in [0.3, 0.4) is 0 Å². The number of allylic oxidation sites excluding steroid dienone is 1. The van der Waals surface area contributed by atoms with Gasteiger partial charge in [0.05, 0.1) is 5.60 Å². The van der Waals surface area contributed by atoms with Crippen LogP contribution < -0.4 is 5.32 Å². The van der Waals surface area contributed by atoms with Gasteiger partial charge in [0.2, 0.25) is 0 Å². The van der Waals surface area contributed by atoms with Gasteiger partial charge in [0, 0.05) is 12.6 Å². The molecule has 1 aliphatic rings. The molecule has 0 aromatic carbocycles. The van der Waals surface area contributed by atoms with E-state index in [1.807, 2.05) is 7.05 Å². The Labute approximate surface area is 94.1 Å². The Morgan fingerprint density at radius 1 is 1.53 bits per heavy atom. The van der Waals surface area contributed by atoms with Crippen molar-refractivity contribution in [3.05, 3.63) is 12.2 Å². The average Bonchev–Trinajstić information content (AvgIpc) is 2.19. The summed E-state index contributed by atoms with van der Waals surface area (Å²) in [5.41, 5.74) is 1.29. The van der Waals surface area contributed by atoms with Crippen LogP contribution in [0.25, 0.3) is 0 Å². The first-order valence-electron chi connectivity index (χ1n) is 6.04. The van der Waals surface area contributed by atoms with Crippen LogP contribution in [0, 0.1) is 0 Å². The maximum Gasteiger partial charge on any atom is 0.0806 e. The predicted molar refractivity (Wildman–Crippen MR) is 65.1 cm³/mol. The van der Waals surface area contributed by atoms with Gasteiger partial charge in [-0.2, -0.15) is 0 Å². The monoisotopic (exact) mass is 211 g/mol. The normalized spacial score (nSPS) is 28.7. The van der Waals surface area contributed by atoms with Crippen LogP contribution >= 0.6 is 0 Å². The number of hydrogen-bond acceptors (Lipinski definition) is 2. The van der Waals surface area contributed by atoms with Crippen molar-refractivity contribution in [3.63, 3.8) is 0 Å². The SMILES string of the molecule is C=C(C)CCC(NC)C1(C)CCCCO1. The number of rotatable bonds is 5. The lowest BCUT2D eigenvalue weighted by molar-refractivity contribution is -0.0886. The summed E-state index contributed by atoms with van der Waals surface area (Å²) in [6.45, 7) is 9.21. The van der Waals surface area contributed by atoms with Crippen molar-refractivity contribution in [1.29, 1.82) is 0 Å². The second kappa shape index (κ2) is 5.66. The Hall–Kier alpha value is -0.340. The van der Waals surface area contributed by atoms with Gasteiger partial charge in [0.15, 0.2) is 0 Å². The van der Waals surface area contributed by atoms with Gasteiger partial charge in [-0.3, -0.25) is 0 Å². The molecule has 0 spiro atoms. The van der Waals surface area contributed by atoms with Crippen LogP contribution in [0.1, 0.15) is 46.0 Å². The quantitative estimate of drug-likeness (QED) is 0.706. The summed E-state index contributed by atoms with van der Waals surface area (Å²) in [6, 6.07) is 0.453. The molecule has 88 valence electrons. The fourth-order valence-electron chi connectivity index (χ4n) is 2.38. The molecule has 2 heteroatoms. The summed E-state index contributed by atoms with van der Waals surface area (Å²) in [6.07, 6.45) is 5.90. The number of ether oxygens (including phenoxy) is 1. The molecule has 1 aliphatic heterocycles. The van der Waals surface area contributed by atoms with Crippen molar-refractivity contribution in [2.75, 3.05) is 13.7 Å². The van der Waals surface area contributed by atoms with Crippen LogP contribution in [0.4, 0.5) is 0 Å². The van der Waals surface area contributed by atoms with Gasteiger partial charge >= 0.3 is 0 Å². The van der Waals surface area contributed by atoms with E-state index in [0.717, 1.165) is 19.4 Å². The summed E-state index contributed by atoms with van der Waals surface area (Å²) in [7, 11) is 2.03. The Kier molecular flexibility index (Phi) is 4.81. The van der Waals surface area contributed by atoms with Crippen molar-refractivity contribution in [2.24, 2.45) is 0 Å². The molecule has 2 unspecified atom stereocenters. The number of nitrogens with one attached hydrogen (secondary N) is 1. The molecule has 1 heterocycles. The molecule has 2 nitrogen and oxygen atoms in total. The summed E-state index contributed by atoms with van der Waals surface area (Å²) in [5.74, 6) is 0. The third-order valence-corrected chi connectivity index (χ3v) is 3.44. The van der Waals surface area contributed by atoms with E-state index in [1.54, 1.807) is 0 Å². The highest BCUT2D eigenvalue weighted by molar-refractivity contribution is 4.95. The first-order valence-corrected chi connectivity index (χ1v) is 6.04. The topological polar surface area (TPSA) is 21.3 Å². The third kappa shape index (κ3) is 3.62. The number of likely N-dealkylation sites (N-methyl/N-ethyl adjacent to an activating group) is 1. The lowest BCUT2D eigenvalue weighted by Crippen LogP contribution is -2.51. The van der Waals surface area contributed by atoms with Crippen molar-refractivity contribution in [2.45, 2.75) is 57.6 Å². The molecule has 0 saturated carbocycles. The van der Waals surface area contributed by atoms with E-state index >= 15 is 0 Å². The van der Waals surface area contributed by atoms with Crippen molar-refractivity contribution >= 4 is 0 Å². The Balaban J connectivity index is 2.51. The minimum atomic E-state index is 0.0302. The highest BCUT2D eigenvalue weighted by atomic mass is 16.5. The first kappa shape index (κ1) is 12.7. The van der Waals surface area contributed by atoms with Gasteiger partial charge in [-0.15, -0.1) is 6.58 Å². The van der Waals surface area contributed by atoms with E-state index < -0.39 is 0 Å². The van der Waals surface area contributed by atoms with Crippen molar-refractivity contribution < 1.29 is 4.74 Å². The second-order valence-corrected chi connectivity index (χ2v) is 4.96. The van der Waals surface area contributed by atoms with Gasteiger partial charge in [0.1, 0.15) is 0 Å². The molecule has 0 bridgehead atoms. The molecular weight excluding hydrogens is 186 g/mol. The molecule has 1 saturated heterocycles. The lowest BCUT2D eigenvalue weighted by Gasteiger charge is -2.40. The van der Waals surface area contributed by atoms with E-state index in [9.17, 15) is 0 Å². The minimum Gasteiger partial charge on any atom is -0.374 e. The minimum absolute atomic E-state index is 0.0302. The Morgan fingerprint density at radius 3 is 2.73 bits per heavy atom. The molecule has 15 heavy (non-hydrogen) atoms. The summed E-state index contributed by atoms with van der Waals surface area (Å²) >= 11 is 0. The molecular formula is C13H25NO. The summed E-state index contributed by atoms with van der Waals surface area (Å²) < 4.78 is 5.96. The van der Waals surface area contributed by atoms with Gasteiger partial charge < -0.3 is 10.1 Å². The Morgan fingerprint density at radius 2 is 2.27 bits per heavy atom. The smallest absolute Gasteiger partial charge is 0.0806 e. The highest BCUT2D eigenvalue weighted by Gasteiger charge is 2.35.